The van der Waals surface area contributed by atoms with Crippen LogP contribution in [0.25, 0.3) is 0 Å². The lowest BCUT2D eigenvalue weighted by molar-refractivity contribution is 0.316. The van der Waals surface area contributed by atoms with Crippen LogP contribution in [0.1, 0.15) is 24.7 Å². The smallest absolute Gasteiger partial charge is 0.195 e. The Bertz CT molecular complexity index is 571. The second-order valence-corrected chi connectivity index (χ2v) is 4.84. The van der Waals surface area contributed by atoms with E-state index in [2.05, 4.69) is 14.8 Å². The van der Waals surface area contributed by atoms with Crippen molar-refractivity contribution in [3.8, 4) is 5.75 Å². The Morgan fingerprint density at radius 2 is 2.11 bits per heavy atom. The lowest BCUT2D eigenvalue weighted by Crippen LogP contribution is -2.08. The summed E-state index contributed by atoms with van der Waals surface area (Å²) in [5.74, 6) is 1.89. The molecule has 1 aliphatic carbocycles. The van der Waals surface area contributed by atoms with Crippen LogP contribution in [-0.2, 0) is 6.42 Å². The molecule has 0 aliphatic heterocycles. The Labute approximate surface area is 111 Å². The minimum Gasteiger partial charge on any atom is -0.493 e. The van der Waals surface area contributed by atoms with E-state index in [4.69, 9.17) is 17.0 Å². The summed E-state index contributed by atoms with van der Waals surface area (Å²) in [6, 6.07) is 10.4. The fourth-order valence-corrected chi connectivity index (χ4v) is 2.30. The number of nitrogens with zero attached hydrogens (tertiary/aromatic N) is 2. The van der Waals surface area contributed by atoms with Gasteiger partial charge in [0.05, 0.1) is 6.61 Å². The third-order valence-electron chi connectivity index (χ3n) is 3.03. The zero-order valence-corrected chi connectivity index (χ0v) is 10.8. The maximum Gasteiger partial charge on any atom is 0.195 e. The molecule has 1 aromatic heterocycles. The second kappa shape index (κ2) is 4.94. The highest BCUT2D eigenvalue weighted by Gasteiger charge is 2.26. The maximum absolute atomic E-state index is 5.67. The van der Waals surface area contributed by atoms with E-state index in [0.29, 0.717) is 12.6 Å². The molecular formula is C13H15N3OS. The summed E-state index contributed by atoms with van der Waals surface area (Å²) in [5, 5.41) is 7.14. The van der Waals surface area contributed by atoms with Gasteiger partial charge in [0.25, 0.3) is 0 Å². The third-order valence-corrected chi connectivity index (χ3v) is 3.32. The number of hydrogen-bond donors (Lipinski definition) is 1. The number of ether oxygens (including phenoxy) is 1. The topological polar surface area (TPSA) is 42.8 Å². The van der Waals surface area contributed by atoms with Crippen molar-refractivity contribution in [2.45, 2.75) is 25.3 Å². The summed E-state index contributed by atoms with van der Waals surface area (Å²) in [5.41, 5.74) is 0. The second-order valence-electron chi connectivity index (χ2n) is 4.46. The summed E-state index contributed by atoms with van der Waals surface area (Å²) < 4.78 is 8.53. The molecule has 0 unspecified atom stereocenters. The van der Waals surface area contributed by atoms with Gasteiger partial charge in [-0.3, -0.25) is 5.10 Å². The number of nitrogens with one attached hydrogen (secondary N) is 1. The van der Waals surface area contributed by atoms with Crippen LogP contribution in [-0.4, -0.2) is 21.4 Å². The summed E-state index contributed by atoms with van der Waals surface area (Å²) in [4.78, 5) is 0. The van der Waals surface area contributed by atoms with Crippen LogP contribution >= 0.6 is 12.2 Å². The molecule has 1 heterocycles. The van der Waals surface area contributed by atoms with E-state index in [-0.39, 0.29) is 0 Å². The molecule has 1 N–H and O–H groups in total. The van der Waals surface area contributed by atoms with Crippen molar-refractivity contribution < 1.29 is 4.74 Å². The zero-order chi connectivity index (χ0) is 12.4. The van der Waals surface area contributed by atoms with E-state index in [9.17, 15) is 0 Å². The predicted molar refractivity (Wildman–Crippen MR) is 71.3 cm³/mol. The molecule has 1 aromatic carbocycles. The Hall–Kier alpha value is -1.62. The van der Waals surface area contributed by atoms with E-state index >= 15 is 0 Å². The van der Waals surface area contributed by atoms with Crippen LogP contribution in [0.2, 0.25) is 0 Å². The van der Waals surface area contributed by atoms with Gasteiger partial charge in [-0.1, -0.05) is 18.2 Å². The maximum atomic E-state index is 5.67. The Kier molecular flexibility index (Phi) is 3.15. The number of benzene rings is 1. The van der Waals surface area contributed by atoms with Gasteiger partial charge in [0.15, 0.2) is 4.77 Å². The van der Waals surface area contributed by atoms with E-state index in [1.807, 2.05) is 30.3 Å². The molecule has 1 saturated carbocycles. The first-order valence-electron chi connectivity index (χ1n) is 6.18. The Balaban J connectivity index is 1.62. The van der Waals surface area contributed by atoms with Crippen LogP contribution in [0.15, 0.2) is 30.3 Å². The average molecular weight is 261 g/mol. The number of H-pyrrole nitrogens is 1. The van der Waals surface area contributed by atoms with Gasteiger partial charge < -0.3 is 9.30 Å². The number of hydrogen-bond acceptors (Lipinski definition) is 3. The molecular weight excluding hydrogens is 246 g/mol. The summed E-state index contributed by atoms with van der Waals surface area (Å²) in [6.07, 6.45) is 3.19. The van der Waals surface area contributed by atoms with Crippen LogP contribution in [0.5, 0.6) is 5.75 Å². The standard InChI is InChI=1S/C13H15N3OS/c18-13-15-14-12(16(13)10-6-7-10)8-9-17-11-4-2-1-3-5-11/h1-5,10H,6-9H2,(H,15,18). The van der Waals surface area contributed by atoms with Gasteiger partial charge in [0, 0.05) is 12.5 Å². The highest BCUT2D eigenvalue weighted by Crippen LogP contribution is 2.35. The van der Waals surface area contributed by atoms with Gasteiger partial charge in [-0.15, -0.1) is 0 Å². The minimum atomic E-state index is 0.558. The fourth-order valence-electron chi connectivity index (χ4n) is 2.00. The van der Waals surface area contributed by atoms with Crippen LogP contribution in [0, 0.1) is 4.77 Å². The predicted octanol–water partition coefficient (Wildman–Crippen LogP) is 2.90. The molecule has 0 amide bonds. The molecule has 0 radical (unpaired) electrons. The van der Waals surface area contributed by atoms with Gasteiger partial charge in [0.2, 0.25) is 0 Å². The molecule has 3 rings (SSSR count). The van der Waals surface area contributed by atoms with Crippen molar-refractivity contribution >= 4 is 12.2 Å². The Morgan fingerprint density at radius 3 is 2.83 bits per heavy atom. The van der Waals surface area contributed by atoms with Gasteiger partial charge >= 0.3 is 0 Å². The van der Waals surface area contributed by atoms with Crippen LogP contribution in [0.4, 0.5) is 0 Å². The first-order valence-corrected chi connectivity index (χ1v) is 6.59. The monoisotopic (exact) mass is 261 g/mol. The molecule has 0 spiro atoms. The average Bonchev–Trinajstić information content (AvgIpc) is 3.16. The quantitative estimate of drug-likeness (QED) is 0.842. The third kappa shape index (κ3) is 2.46. The highest BCUT2D eigenvalue weighted by atomic mass is 32.1. The molecule has 18 heavy (non-hydrogen) atoms. The number of aromatic nitrogens is 3. The number of para-hydroxylation sites is 1. The highest BCUT2D eigenvalue weighted by molar-refractivity contribution is 7.71. The normalized spacial score (nSPS) is 14.7. The van der Waals surface area contributed by atoms with Crippen molar-refractivity contribution in [2.24, 2.45) is 0 Å². The van der Waals surface area contributed by atoms with Crippen molar-refractivity contribution in [3.63, 3.8) is 0 Å². The van der Waals surface area contributed by atoms with Crippen molar-refractivity contribution in [2.75, 3.05) is 6.61 Å². The van der Waals surface area contributed by atoms with E-state index in [1.165, 1.54) is 12.8 Å². The first-order chi connectivity index (χ1) is 8.84. The van der Waals surface area contributed by atoms with E-state index in [1.54, 1.807) is 0 Å². The SMILES string of the molecule is S=c1[nH]nc(CCOc2ccccc2)n1C1CC1. The number of rotatable bonds is 5. The van der Waals surface area contributed by atoms with Gasteiger partial charge in [0.1, 0.15) is 11.6 Å². The molecule has 1 fully saturated rings. The van der Waals surface area contributed by atoms with Gasteiger partial charge in [-0.25, -0.2) is 0 Å². The molecule has 94 valence electrons. The first kappa shape index (κ1) is 11.5. The Morgan fingerprint density at radius 1 is 1.33 bits per heavy atom. The zero-order valence-electron chi connectivity index (χ0n) is 10.0. The fraction of sp³-hybridized carbons (Fsp3) is 0.385. The van der Waals surface area contributed by atoms with E-state index < -0.39 is 0 Å². The van der Waals surface area contributed by atoms with Crippen molar-refractivity contribution in [1.29, 1.82) is 0 Å². The van der Waals surface area contributed by atoms with Crippen molar-refractivity contribution in [1.82, 2.24) is 14.8 Å². The minimum absolute atomic E-state index is 0.558. The summed E-state index contributed by atoms with van der Waals surface area (Å²) >= 11 is 5.24. The van der Waals surface area contributed by atoms with Crippen LogP contribution in [0.3, 0.4) is 0 Å². The number of aromatic amines is 1. The molecule has 0 atom stereocenters. The molecule has 4 nitrogen and oxygen atoms in total. The lowest BCUT2D eigenvalue weighted by Gasteiger charge is -2.07. The molecule has 0 bridgehead atoms. The molecule has 5 heteroatoms. The van der Waals surface area contributed by atoms with Gasteiger partial charge in [-0.05, 0) is 37.2 Å². The van der Waals surface area contributed by atoms with Gasteiger partial charge in [-0.2, -0.15) is 5.10 Å². The summed E-state index contributed by atoms with van der Waals surface area (Å²) in [7, 11) is 0. The molecule has 0 saturated heterocycles. The molecule has 1 aliphatic rings. The van der Waals surface area contributed by atoms with Crippen molar-refractivity contribution in [3.05, 3.63) is 40.9 Å². The van der Waals surface area contributed by atoms with E-state index in [0.717, 1.165) is 22.8 Å². The van der Waals surface area contributed by atoms with Crippen LogP contribution < -0.4 is 4.74 Å². The lowest BCUT2D eigenvalue weighted by atomic mass is 10.3. The summed E-state index contributed by atoms with van der Waals surface area (Å²) in [6.45, 7) is 0.621. The molecule has 2 aromatic rings. The largest absolute Gasteiger partial charge is 0.493 e.